The summed E-state index contributed by atoms with van der Waals surface area (Å²) in [7, 11) is 0. The Labute approximate surface area is 158 Å². The second-order valence-electron chi connectivity index (χ2n) is 7.10. The van der Waals surface area contributed by atoms with E-state index in [0.717, 1.165) is 51.4 Å². The highest BCUT2D eigenvalue weighted by molar-refractivity contribution is 5.69. The van der Waals surface area contributed by atoms with Gasteiger partial charge in [0, 0.05) is 12.8 Å². The summed E-state index contributed by atoms with van der Waals surface area (Å²) in [5.74, 6) is -0.589. The molecule has 0 fully saturated rings. The van der Waals surface area contributed by atoms with E-state index in [1.165, 1.54) is 25.7 Å². The molecule has 0 unspecified atom stereocenters. The average Bonchev–Trinajstić information content (AvgIpc) is 2.63. The number of hydrogen-bond donors (Lipinski definition) is 1. The first-order valence-corrected chi connectivity index (χ1v) is 10.3. The quantitative estimate of drug-likeness (QED) is 0.505. The van der Waals surface area contributed by atoms with Gasteiger partial charge in [-0.25, -0.2) is 0 Å². The van der Waals surface area contributed by atoms with Crippen LogP contribution in [0.3, 0.4) is 0 Å². The molecule has 0 amide bonds. The van der Waals surface area contributed by atoms with E-state index in [0.29, 0.717) is 12.8 Å². The maximum absolute atomic E-state index is 11.6. The lowest BCUT2D eigenvalue weighted by atomic mass is 10.1. The normalized spacial score (nSPS) is 23.6. The van der Waals surface area contributed by atoms with E-state index in [1.807, 2.05) is 0 Å². The molecule has 1 aliphatic heterocycles. The standard InChI is InChI=1S/C21H36O5/c22-19-17-25-20(23)15-13-11-9-7-5-3-1-2-4-6-8-10-12-14-16-21(24)26-18-19/h1-2,19,22H,3-18H2/b2-1-. The summed E-state index contributed by atoms with van der Waals surface area (Å²) >= 11 is 0. The molecule has 0 saturated carbocycles. The minimum Gasteiger partial charge on any atom is -0.463 e. The van der Waals surface area contributed by atoms with Crippen LogP contribution in [0.4, 0.5) is 0 Å². The van der Waals surface area contributed by atoms with Crippen molar-refractivity contribution >= 4 is 11.9 Å². The van der Waals surface area contributed by atoms with Gasteiger partial charge in [0.1, 0.15) is 19.3 Å². The molecule has 0 bridgehead atoms. The van der Waals surface area contributed by atoms with Crippen molar-refractivity contribution in [2.75, 3.05) is 13.2 Å². The monoisotopic (exact) mass is 368 g/mol. The number of aliphatic hydroxyl groups is 1. The Hall–Kier alpha value is -1.36. The molecule has 1 heterocycles. The van der Waals surface area contributed by atoms with Crippen LogP contribution < -0.4 is 0 Å². The Morgan fingerprint density at radius 3 is 1.50 bits per heavy atom. The van der Waals surface area contributed by atoms with Crippen molar-refractivity contribution in [2.24, 2.45) is 0 Å². The topological polar surface area (TPSA) is 72.8 Å². The molecule has 5 nitrogen and oxygen atoms in total. The molecular formula is C21H36O5. The van der Waals surface area contributed by atoms with Gasteiger partial charge >= 0.3 is 11.9 Å². The fourth-order valence-corrected chi connectivity index (χ4v) is 2.93. The summed E-state index contributed by atoms with van der Waals surface area (Å²) in [4.78, 5) is 23.2. The molecule has 1 aliphatic rings. The van der Waals surface area contributed by atoms with Gasteiger partial charge in [-0.05, 0) is 38.5 Å². The molecule has 0 aromatic carbocycles. The van der Waals surface area contributed by atoms with E-state index in [1.54, 1.807) is 0 Å². The number of rotatable bonds is 0. The number of carbonyl (C=O) groups is 2. The highest BCUT2D eigenvalue weighted by atomic mass is 16.6. The third-order valence-electron chi connectivity index (χ3n) is 4.54. The first kappa shape index (κ1) is 22.7. The molecule has 150 valence electrons. The van der Waals surface area contributed by atoms with Crippen molar-refractivity contribution in [1.29, 1.82) is 0 Å². The fraction of sp³-hybridized carbons (Fsp3) is 0.810. The van der Waals surface area contributed by atoms with Crippen LogP contribution >= 0.6 is 0 Å². The van der Waals surface area contributed by atoms with Crippen molar-refractivity contribution in [3.05, 3.63) is 12.2 Å². The van der Waals surface area contributed by atoms with Gasteiger partial charge < -0.3 is 14.6 Å². The van der Waals surface area contributed by atoms with Crippen LogP contribution in [-0.4, -0.2) is 36.4 Å². The summed E-state index contributed by atoms with van der Waals surface area (Å²) in [5.41, 5.74) is 0. The summed E-state index contributed by atoms with van der Waals surface area (Å²) in [5, 5.41) is 9.73. The third-order valence-corrected chi connectivity index (χ3v) is 4.54. The highest BCUT2D eigenvalue weighted by Crippen LogP contribution is 2.11. The Morgan fingerprint density at radius 2 is 1.04 bits per heavy atom. The van der Waals surface area contributed by atoms with E-state index in [9.17, 15) is 14.7 Å². The van der Waals surface area contributed by atoms with Crippen LogP contribution in [0, 0.1) is 0 Å². The Kier molecular flexibility index (Phi) is 13.8. The van der Waals surface area contributed by atoms with E-state index < -0.39 is 6.10 Å². The van der Waals surface area contributed by atoms with Gasteiger partial charge in [0.05, 0.1) is 0 Å². The molecular weight excluding hydrogens is 332 g/mol. The molecule has 0 saturated heterocycles. The summed E-state index contributed by atoms with van der Waals surface area (Å²) in [6, 6.07) is 0. The van der Waals surface area contributed by atoms with Crippen molar-refractivity contribution in [2.45, 2.75) is 96.0 Å². The van der Waals surface area contributed by atoms with Gasteiger partial charge in [0.15, 0.2) is 0 Å². The first-order valence-electron chi connectivity index (χ1n) is 10.3. The zero-order valence-electron chi connectivity index (χ0n) is 16.1. The predicted molar refractivity (Wildman–Crippen MR) is 102 cm³/mol. The minimum atomic E-state index is -0.947. The molecule has 0 spiro atoms. The van der Waals surface area contributed by atoms with Crippen LogP contribution in [0.25, 0.3) is 0 Å². The van der Waals surface area contributed by atoms with Crippen LogP contribution in [0.5, 0.6) is 0 Å². The Bertz CT molecular complexity index is 369. The van der Waals surface area contributed by atoms with Gasteiger partial charge in [-0.1, -0.05) is 50.7 Å². The van der Waals surface area contributed by atoms with E-state index >= 15 is 0 Å². The van der Waals surface area contributed by atoms with E-state index in [2.05, 4.69) is 12.2 Å². The number of carbonyl (C=O) groups excluding carboxylic acids is 2. The number of esters is 2. The van der Waals surface area contributed by atoms with Crippen LogP contribution in [0.2, 0.25) is 0 Å². The zero-order chi connectivity index (χ0) is 18.9. The van der Waals surface area contributed by atoms with Crippen LogP contribution in [0.1, 0.15) is 89.9 Å². The summed E-state index contributed by atoms with van der Waals surface area (Å²) in [6.07, 6.45) is 17.5. The second kappa shape index (κ2) is 15.9. The van der Waals surface area contributed by atoms with E-state index in [-0.39, 0.29) is 25.2 Å². The molecule has 0 aromatic heterocycles. The molecule has 5 heteroatoms. The molecule has 0 radical (unpaired) electrons. The van der Waals surface area contributed by atoms with Crippen LogP contribution in [-0.2, 0) is 19.1 Å². The van der Waals surface area contributed by atoms with Crippen molar-refractivity contribution in [3.63, 3.8) is 0 Å². The maximum atomic E-state index is 11.6. The van der Waals surface area contributed by atoms with Gasteiger partial charge in [-0.15, -0.1) is 0 Å². The van der Waals surface area contributed by atoms with Gasteiger partial charge in [0.25, 0.3) is 0 Å². The number of aliphatic hydroxyl groups excluding tert-OH is 1. The highest BCUT2D eigenvalue weighted by Gasteiger charge is 2.12. The smallest absolute Gasteiger partial charge is 0.305 e. The average molecular weight is 369 g/mol. The lowest BCUT2D eigenvalue weighted by Gasteiger charge is -2.12. The number of ether oxygens (including phenoxy) is 2. The predicted octanol–water partition coefficient (Wildman–Crippen LogP) is 4.46. The molecule has 0 aromatic rings. The molecule has 1 rings (SSSR count). The molecule has 0 aliphatic carbocycles. The van der Waals surface area contributed by atoms with Gasteiger partial charge in [-0.3, -0.25) is 9.59 Å². The second-order valence-corrected chi connectivity index (χ2v) is 7.10. The largest absolute Gasteiger partial charge is 0.463 e. The van der Waals surface area contributed by atoms with E-state index in [4.69, 9.17) is 9.47 Å². The number of hydrogen-bond acceptors (Lipinski definition) is 5. The van der Waals surface area contributed by atoms with Crippen molar-refractivity contribution in [1.82, 2.24) is 0 Å². The lowest BCUT2D eigenvalue weighted by Crippen LogP contribution is -2.25. The van der Waals surface area contributed by atoms with Crippen molar-refractivity contribution < 1.29 is 24.2 Å². The number of allylic oxidation sites excluding steroid dienone is 2. The third kappa shape index (κ3) is 13.9. The summed E-state index contributed by atoms with van der Waals surface area (Å²) in [6.45, 7) is -0.225. The SMILES string of the molecule is O=C1CCCCCCC/C=C\CCCCCCCC(=O)OCC(O)CO1. The fourth-order valence-electron chi connectivity index (χ4n) is 2.93. The maximum Gasteiger partial charge on any atom is 0.305 e. The van der Waals surface area contributed by atoms with Crippen LogP contribution in [0.15, 0.2) is 12.2 Å². The minimum absolute atomic E-state index is 0.113. The van der Waals surface area contributed by atoms with Crippen molar-refractivity contribution in [3.8, 4) is 0 Å². The number of cyclic esters (lactones) is 2. The Balaban J connectivity index is 2.28. The summed E-state index contributed by atoms with van der Waals surface area (Å²) < 4.78 is 10.1. The lowest BCUT2D eigenvalue weighted by molar-refractivity contribution is -0.152. The molecule has 26 heavy (non-hydrogen) atoms. The van der Waals surface area contributed by atoms with Gasteiger partial charge in [0.2, 0.25) is 0 Å². The zero-order valence-corrected chi connectivity index (χ0v) is 16.1. The molecule has 0 atom stereocenters. The molecule has 1 N–H and O–H groups in total. The first-order chi connectivity index (χ1) is 12.7. The van der Waals surface area contributed by atoms with Gasteiger partial charge in [-0.2, -0.15) is 0 Å². The Morgan fingerprint density at radius 1 is 0.654 bits per heavy atom.